The van der Waals surface area contributed by atoms with Crippen LogP contribution in [0.1, 0.15) is 30.9 Å². The Morgan fingerprint density at radius 2 is 1.71 bits per heavy atom. The van der Waals surface area contributed by atoms with Gasteiger partial charge in [-0.25, -0.2) is 22.5 Å². The molecule has 0 saturated heterocycles. The van der Waals surface area contributed by atoms with Crippen molar-refractivity contribution in [2.45, 2.75) is 31.2 Å². The lowest BCUT2D eigenvalue weighted by molar-refractivity contribution is 0.460. The summed E-state index contributed by atoms with van der Waals surface area (Å²) in [4.78, 5) is 4.31. The van der Waals surface area contributed by atoms with Gasteiger partial charge in [-0.2, -0.15) is 0 Å². The lowest BCUT2D eigenvalue weighted by Gasteiger charge is -2.10. The largest absolute Gasteiger partial charge is 0.439 e. The average Bonchev–Trinajstić information content (AvgIpc) is 2.69. The van der Waals surface area contributed by atoms with Crippen LogP contribution in [0.25, 0.3) is 0 Å². The predicted molar refractivity (Wildman–Crippen MR) is 105 cm³/mol. The number of rotatable bonds is 7. The maximum atomic E-state index is 13.0. The van der Waals surface area contributed by atoms with Crippen LogP contribution in [0.5, 0.6) is 11.6 Å². The third-order valence-corrected chi connectivity index (χ3v) is 5.58. The number of hydrogen-bond acceptors (Lipinski definition) is 4. The molecule has 0 aliphatic carbocycles. The molecule has 0 saturated carbocycles. The number of aromatic nitrogens is 1. The Labute approximate surface area is 164 Å². The van der Waals surface area contributed by atoms with Crippen LogP contribution in [0.4, 0.5) is 4.39 Å². The molecule has 1 aromatic heterocycles. The van der Waals surface area contributed by atoms with Gasteiger partial charge in [0.2, 0.25) is 15.9 Å². The van der Waals surface area contributed by atoms with Gasteiger partial charge in [-0.1, -0.05) is 26.0 Å². The molecule has 0 spiro atoms. The second-order valence-electron chi connectivity index (χ2n) is 6.61. The number of pyridine rings is 1. The molecule has 1 N–H and O–H groups in total. The molecule has 0 aliphatic heterocycles. The first-order valence-electron chi connectivity index (χ1n) is 8.81. The van der Waals surface area contributed by atoms with Gasteiger partial charge in [0.05, 0.1) is 4.90 Å². The van der Waals surface area contributed by atoms with E-state index in [0.717, 1.165) is 5.56 Å². The van der Waals surface area contributed by atoms with E-state index < -0.39 is 10.0 Å². The summed E-state index contributed by atoms with van der Waals surface area (Å²) < 4.78 is 46.1. The molecular weight excluding hydrogens is 379 g/mol. The molecule has 3 aromatic rings. The molecule has 0 aliphatic rings. The summed E-state index contributed by atoms with van der Waals surface area (Å²) in [6.07, 6.45) is 1.53. The minimum atomic E-state index is -3.63. The van der Waals surface area contributed by atoms with Gasteiger partial charge in [-0.05, 0) is 59.5 Å². The van der Waals surface area contributed by atoms with Crippen LogP contribution >= 0.6 is 0 Å². The van der Waals surface area contributed by atoms with Crippen LogP contribution < -0.4 is 9.46 Å². The summed E-state index contributed by atoms with van der Waals surface area (Å²) in [5.41, 5.74) is 1.77. The van der Waals surface area contributed by atoms with E-state index >= 15 is 0 Å². The number of benzene rings is 2. The Bertz CT molecular complexity index is 1030. The van der Waals surface area contributed by atoms with Gasteiger partial charge in [0.15, 0.2) is 0 Å². The third kappa shape index (κ3) is 5.15. The summed E-state index contributed by atoms with van der Waals surface area (Å²) in [6.45, 7) is 4.20. The first-order chi connectivity index (χ1) is 13.3. The molecule has 0 amide bonds. The highest BCUT2D eigenvalue weighted by Gasteiger charge is 2.14. The van der Waals surface area contributed by atoms with E-state index in [2.05, 4.69) is 23.6 Å². The highest BCUT2D eigenvalue weighted by Crippen LogP contribution is 2.21. The van der Waals surface area contributed by atoms with Gasteiger partial charge in [0, 0.05) is 18.8 Å². The maximum Gasteiger partial charge on any atom is 0.240 e. The summed E-state index contributed by atoms with van der Waals surface area (Å²) in [5, 5.41) is 0. The number of nitrogens with zero attached hydrogens (tertiary/aromatic N) is 1. The van der Waals surface area contributed by atoms with Gasteiger partial charge < -0.3 is 4.74 Å². The van der Waals surface area contributed by atoms with Crippen molar-refractivity contribution in [1.82, 2.24) is 9.71 Å². The fraction of sp³-hybridized carbons (Fsp3) is 0.190. The topological polar surface area (TPSA) is 68.3 Å². The van der Waals surface area contributed by atoms with E-state index in [4.69, 9.17) is 4.74 Å². The van der Waals surface area contributed by atoms with Crippen LogP contribution in [0.3, 0.4) is 0 Å². The zero-order valence-electron chi connectivity index (χ0n) is 15.6. The fourth-order valence-electron chi connectivity index (χ4n) is 2.53. The number of sulfonamides is 1. The normalized spacial score (nSPS) is 11.6. The van der Waals surface area contributed by atoms with Crippen molar-refractivity contribution in [3.8, 4) is 11.6 Å². The molecule has 5 nitrogen and oxygen atoms in total. The molecule has 3 rings (SSSR count). The molecule has 2 aromatic carbocycles. The highest BCUT2D eigenvalue weighted by molar-refractivity contribution is 7.89. The third-order valence-electron chi connectivity index (χ3n) is 4.16. The first-order valence-corrected chi connectivity index (χ1v) is 10.3. The summed E-state index contributed by atoms with van der Waals surface area (Å²) >= 11 is 0. The molecular formula is C21H21FN2O3S. The number of nitrogens with one attached hydrogen (secondary N) is 1. The maximum absolute atomic E-state index is 13.0. The van der Waals surface area contributed by atoms with Crippen molar-refractivity contribution in [1.29, 1.82) is 0 Å². The lowest BCUT2D eigenvalue weighted by atomic mass is 10.0. The minimum absolute atomic E-state index is 0.0938. The van der Waals surface area contributed by atoms with Crippen molar-refractivity contribution in [3.63, 3.8) is 0 Å². The summed E-state index contributed by atoms with van der Waals surface area (Å²) in [5.74, 6) is 0.715. The Hall–Kier alpha value is -2.77. The van der Waals surface area contributed by atoms with Crippen LogP contribution in [0.2, 0.25) is 0 Å². The Balaban J connectivity index is 1.67. The van der Waals surface area contributed by atoms with Crippen molar-refractivity contribution >= 4 is 10.0 Å². The van der Waals surface area contributed by atoms with Gasteiger partial charge in [0.25, 0.3) is 0 Å². The van der Waals surface area contributed by atoms with Crippen LogP contribution in [0, 0.1) is 5.82 Å². The molecule has 1 heterocycles. The zero-order valence-corrected chi connectivity index (χ0v) is 16.4. The van der Waals surface area contributed by atoms with E-state index in [1.807, 2.05) is 12.1 Å². The molecule has 146 valence electrons. The molecule has 7 heteroatoms. The highest BCUT2D eigenvalue weighted by atomic mass is 32.2. The van der Waals surface area contributed by atoms with Crippen LogP contribution in [-0.4, -0.2) is 13.4 Å². The molecule has 28 heavy (non-hydrogen) atoms. The van der Waals surface area contributed by atoms with E-state index in [0.29, 0.717) is 23.1 Å². The fourth-order valence-corrected chi connectivity index (χ4v) is 3.55. The van der Waals surface area contributed by atoms with Gasteiger partial charge in [-0.3, -0.25) is 0 Å². The van der Waals surface area contributed by atoms with Gasteiger partial charge in [-0.15, -0.1) is 0 Å². The Morgan fingerprint density at radius 1 is 1.04 bits per heavy atom. The van der Waals surface area contributed by atoms with Crippen LogP contribution in [-0.2, 0) is 16.6 Å². The van der Waals surface area contributed by atoms with Crippen molar-refractivity contribution in [3.05, 3.63) is 83.8 Å². The quantitative estimate of drug-likeness (QED) is 0.629. The second-order valence-corrected chi connectivity index (χ2v) is 8.37. The van der Waals surface area contributed by atoms with Crippen molar-refractivity contribution in [2.75, 3.05) is 0 Å². The molecule has 0 bridgehead atoms. The van der Waals surface area contributed by atoms with Gasteiger partial charge >= 0.3 is 0 Å². The molecule has 0 atom stereocenters. The summed E-state index contributed by atoms with van der Waals surface area (Å²) in [6, 6.07) is 15.7. The molecule has 0 radical (unpaired) electrons. The number of hydrogen-bond donors (Lipinski definition) is 1. The lowest BCUT2D eigenvalue weighted by Crippen LogP contribution is -2.23. The standard InChI is InChI=1S/C21H21FN2O3S/c1-15(2)17-3-9-20(10-4-17)28(25,26)24-14-16-11-12-23-21(13-16)27-19-7-5-18(22)6-8-19/h3-13,15,24H,14H2,1-2H3. The molecule has 0 fully saturated rings. The van der Waals surface area contributed by atoms with Crippen molar-refractivity contribution < 1.29 is 17.5 Å². The second kappa shape index (κ2) is 8.50. The van der Waals surface area contributed by atoms with E-state index in [-0.39, 0.29) is 17.3 Å². The first kappa shape index (κ1) is 20.0. The summed E-state index contributed by atoms with van der Waals surface area (Å²) in [7, 11) is -3.63. The Morgan fingerprint density at radius 3 is 2.36 bits per heavy atom. The molecule has 0 unspecified atom stereocenters. The average molecular weight is 400 g/mol. The zero-order chi connectivity index (χ0) is 20.1. The predicted octanol–water partition coefficient (Wildman–Crippen LogP) is 4.61. The van der Waals surface area contributed by atoms with E-state index in [9.17, 15) is 12.8 Å². The Kier molecular flexibility index (Phi) is 6.06. The van der Waals surface area contributed by atoms with E-state index in [1.54, 1.807) is 24.3 Å². The number of ether oxygens (including phenoxy) is 1. The SMILES string of the molecule is CC(C)c1ccc(S(=O)(=O)NCc2ccnc(Oc3ccc(F)cc3)c2)cc1. The number of halogens is 1. The van der Waals surface area contributed by atoms with E-state index in [1.165, 1.54) is 30.5 Å². The van der Waals surface area contributed by atoms with Gasteiger partial charge in [0.1, 0.15) is 11.6 Å². The van der Waals surface area contributed by atoms with Crippen LogP contribution in [0.15, 0.2) is 71.8 Å². The van der Waals surface area contributed by atoms with Crippen molar-refractivity contribution in [2.24, 2.45) is 0 Å². The minimum Gasteiger partial charge on any atom is -0.439 e. The smallest absolute Gasteiger partial charge is 0.240 e. The monoisotopic (exact) mass is 400 g/mol.